The molecule has 0 atom stereocenters. The summed E-state index contributed by atoms with van der Waals surface area (Å²) in [5, 5.41) is 6.69. The lowest BCUT2D eigenvalue weighted by molar-refractivity contribution is -0.129. The van der Waals surface area contributed by atoms with E-state index in [4.69, 9.17) is 0 Å². The number of benzene rings is 1. The highest BCUT2D eigenvalue weighted by Crippen LogP contribution is 2.20. The number of aryl methyl sites for hydroxylation is 2. The van der Waals surface area contributed by atoms with Crippen LogP contribution in [0.4, 0.5) is 0 Å². The summed E-state index contributed by atoms with van der Waals surface area (Å²) in [6.45, 7) is 6.41. The molecule has 3 rings (SSSR count). The van der Waals surface area contributed by atoms with Crippen LogP contribution in [0.2, 0.25) is 0 Å². The van der Waals surface area contributed by atoms with Crippen LogP contribution in [0.3, 0.4) is 0 Å². The number of pyridine rings is 1. The first-order valence-corrected chi connectivity index (χ1v) is 9.67. The van der Waals surface area contributed by atoms with Crippen LogP contribution in [0.5, 0.6) is 0 Å². The maximum absolute atomic E-state index is 12.0. The maximum atomic E-state index is 12.0. The van der Waals surface area contributed by atoms with Gasteiger partial charge in [0.2, 0.25) is 11.8 Å². The topological polar surface area (TPSA) is 88.4 Å². The van der Waals surface area contributed by atoms with Crippen molar-refractivity contribution in [3.8, 4) is 5.69 Å². The molecular weight excluding hydrogens is 378 g/mol. The van der Waals surface area contributed by atoms with E-state index in [0.717, 1.165) is 28.2 Å². The summed E-state index contributed by atoms with van der Waals surface area (Å²) in [4.78, 5) is 27.8. The Balaban J connectivity index is 1.55. The number of nitrogens with zero attached hydrogens (tertiary/aromatic N) is 3. The van der Waals surface area contributed by atoms with Crippen molar-refractivity contribution in [3.05, 3.63) is 82.9 Å². The lowest BCUT2D eigenvalue weighted by Crippen LogP contribution is -2.29. The summed E-state index contributed by atoms with van der Waals surface area (Å²) in [6.07, 6.45) is 4.63. The largest absolute Gasteiger partial charge is 0.352 e. The lowest BCUT2D eigenvalue weighted by atomic mass is 10.2. The molecule has 0 aliphatic rings. The van der Waals surface area contributed by atoms with Crippen molar-refractivity contribution in [2.45, 2.75) is 33.7 Å². The Morgan fingerprint density at radius 1 is 1.10 bits per heavy atom. The van der Waals surface area contributed by atoms with E-state index in [9.17, 15) is 9.59 Å². The van der Waals surface area contributed by atoms with E-state index in [-0.39, 0.29) is 12.3 Å². The monoisotopic (exact) mass is 403 g/mol. The van der Waals surface area contributed by atoms with Crippen LogP contribution in [-0.4, -0.2) is 27.6 Å². The van der Waals surface area contributed by atoms with Gasteiger partial charge in [-0.1, -0.05) is 23.8 Å². The minimum atomic E-state index is -0.470. The average molecular weight is 403 g/mol. The third-order valence-corrected chi connectivity index (χ3v) is 4.69. The first-order valence-electron chi connectivity index (χ1n) is 9.67. The molecule has 7 heteroatoms. The summed E-state index contributed by atoms with van der Waals surface area (Å²) >= 11 is 0. The zero-order valence-corrected chi connectivity index (χ0v) is 17.3. The van der Waals surface area contributed by atoms with Crippen LogP contribution in [0.15, 0.2) is 60.0 Å². The van der Waals surface area contributed by atoms with Crippen molar-refractivity contribution in [3.63, 3.8) is 0 Å². The molecule has 0 spiro atoms. The van der Waals surface area contributed by atoms with Crippen LogP contribution < -0.4 is 10.7 Å². The van der Waals surface area contributed by atoms with Crippen molar-refractivity contribution in [2.24, 2.45) is 5.10 Å². The molecule has 2 heterocycles. The number of hydrogen-bond acceptors (Lipinski definition) is 4. The molecular formula is C23H25N5O2. The van der Waals surface area contributed by atoms with E-state index in [1.807, 2.05) is 26.0 Å². The van der Waals surface area contributed by atoms with Gasteiger partial charge >= 0.3 is 0 Å². The molecule has 0 saturated carbocycles. The zero-order chi connectivity index (χ0) is 21.5. The Kier molecular flexibility index (Phi) is 6.75. The van der Waals surface area contributed by atoms with E-state index < -0.39 is 5.91 Å². The van der Waals surface area contributed by atoms with Crippen molar-refractivity contribution >= 4 is 18.0 Å². The predicted octanol–water partition coefficient (Wildman–Crippen LogP) is 2.95. The number of amides is 2. The second-order valence-electron chi connectivity index (χ2n) is 7.11. The van der Waals surface area contributed by atoms with Gasteiger partial charge < -0.3 is 9.88 Å². The number of hydrazone groups is 1. The molecule has 0 unspecified atom stereocenters. The molecule has 0 aliphatic carbocycles. The average Bonchev–Trinajstić information content (AvgIpc) is 3.01. The van der Waals surface area contributed by atoms with Gasteiger partial charge in [-0.05, 0) is 50.6 Å². The fourth-order valence-corrected chi connectivity index (χ4v) is 3.13. The van der Waals surface area contributed by atoms with Crippen LogP contribution in [0, 0.1) is 20.8 Å². The van der Waals surface area contributed by atoms with Gasteiger partial charge in [-0.15, -0.1) is 0 Å². The molecule has 30 heavy (non-hydrogen) atoms. The van der Waals surface area contributed by atoms with Gasteiger partial charge in [-0.25, -0.2) is 5.43 Å². The van der Waals surface area contributed by atoms with Gasteiger partial charge in [0.25, 0.3) is 0 Å². The molecule has 0 fully saturated rings. The first kappa shape index (κ1) is 21.0. The molecule has 7 nitrogen and oxygen atoms in total. The standard InChI is InChI=1S/C23H25N5O2/c1-16-6-8-21(9-7-16)28-17(2)11-20(18(28)3)15-26-27-23(30)12-22(29)25-14-19-5-4-10-24-13-19/h4-11,13,15H,12,14H2,1-3H3,(H,25,29)(H,27,30)/b26-15+. The van der Waals surface area contributed by atoms with Crippen molar-refractivity contribution in [1.29, 1.82) is 0 Å². The quantitative estimate of drug-likeness (QED) is 0.361. The van der Waals surface area contributed by atoms with E-state index in [1.165, 1.54) is 5.56 Å². The highest BCUT2D eigenvalue weighted by molar-refractivity contribution is 5.97. The Morgan fingerprint density at radius 2 is 1.87 bits per heavy atom. The number of rotatable bonds is 7. The summed E-state index contributed by atoms with van der Waals surface area (Å²) in [7, 11) is 0. The van der Waals surface area contributed by atoms with Crippen LogP contribution in [0.1, 0.15) is 34.5 Å². The molecule has 3 aromatic rings. The summed E-state index contributed by atoms with van der Waals surface area (Å²) in [5.74, 6) is -0.841. The van der Waals surface area contributed by atoms with E-state index in [2.05, 4.69) is 56.6 Å². The zero-order valence-electron chi connectivity index (χ0n) is 17.3. The van der Waals surface area contributed by atoms with Gasteiger partial charge in [0.15, 0.2) is 0 Å². The molecule has 2 amide bonds. The van der Waals surface area contributed by atoms with Crippen molar-refractivity contribution in [2.75, 3.05) is 0 Å². The number of nitrogens with one attached hydrogen (secondary N) is 2. The van der Waals surface area contributed by atoms with Crippen LogP contribution in [0.25, 0.3) is 5.69 Å². The smallest absolute Gasteiger partial charge is 0.249 e. The molecule has 2 N–H and O–H groups in total. The third kappa shape index (κ3) is 5.41. The number of hydrogen-bond donors (Lipinski definition) is 2. The molecule has 0 saturated heterocycles. The molecule has 2 aromatic heterocycles. The van der Waals surface area contributed by atoms with Crippen molar-refractivity contribution in [1.82, 2.24) is 20.3 Å². The Bertz CT molecular complexity index is 1050. The highest BCUT2D eigenvalue weighted by atomic mass is 16.2. The highest BCUT2D eigenvalue weighted by Gasteiger charge is 2.11. The SMILES string of the molecule is Cc1ccc(-n2c(C)cc(/C=N/NC(=O)CC(=O)NCc3cccnc3)c2C)cc1. The Labute approximate surface area is 175 Å². The summed E-state index contributed by atoms with van der Waals surface area (Å²) in [5.41, 5.74) is 8.54. The van der Waals surface area contributed by atoms with Crippen molar-refractivity contribution < 1.29 is 9.59 Å². The summed E-state index contributed by atoms with van der Waals surface area (Å²) in [6, 6.07) is 13.9. The fourth-order valence-electron chi connectivity index (χ4n) is 3.13. The van der Waals surface area contributed by atoms with Crippen LogP contribution >= 0.6 is 0 Å². The number of carbonyl (C=O) groups excluding carboxylic acids is 2. The number of aromatic nitrogens is 2. The maximum Gasteiger partial charge on any atom is 0.249 e. The van der Waals surface area contributed by atoms with E-state index >= 15 is 0 Å². The van der Waals surface area contributed by atoms with Gasteiger partial charge in [0.05, 0.1) is 6.21 Å². The van der Waals surface area contributed by atoms with Gasteiger partial charge in [-0.3, -0.25) is 14.6 Å². The summed E-state index contributed by atoms with van der Waals surface area (Å²) < 4.78 is 2.13. The fraction of sp³-hybridized carbons (Fsp3) is 0.217. The van der Waals surface area contributed by atoms with Gasteiger partial charge in [0.1, 0.15) is 6.42 Å². The van der Waals surface area contributed by atoms with Gasteiger partial charge in [-0.2, -0.15) is 5.10 Å². The molecule has 0 bridgehead atoms. The molecule has 1 aromatic carbocycles. The van der Waals surface area contributed by atoms with Gasteiger partial charge in [0, 0.05) is 41.6 Å². The first-order chi connectivity index (χ1) is 14.4. The minimum absolute atomic E-state index is 0.292. The predicted molar refractivity (Wildman–Crippen MR) is 116 cm³/mol. The molecule has 0 aliphatic heterocycles. The van der Waals surface area contributed by atoms with E-state index in [1.54, 1.807) is 24.7 Å². The third-order valence-electron chi connectivity index (χ3n) is 4.69. The minimum Gasteiger partial charge on any atom is -0.352 e. The molecule has 0 radical (unpaired) electrons. The van der Waals surface area contributed by atoms with E-state index in [0.29, 0.717) is 6.54 Å². The lowest BCUT2D eigenvalue weighted by Gasteiger charge is -2.09. The second kappa shape index (κ2) is 9.65. The Morgan fingerprint density at radius 3 is 2.57 bits per heavy atom. The Hall–Kier alpha value is -3.74. The van der Waals surface area contributed by atoms with Crippen LogP contribution in [-0.2, 0) is 16.1 Å². The normalized spacial score (nSPS) is 10.9. The number of carbonyl (C=O) groups is 2. The molecule has 154 valence electrons. The second-order valence-corrected chi connectivity index (χ2v) is 7.11.